The molecule has 0 aliphatic carbocycles. The summed E-state index contributed by atoms with van der Waals surface area (Å²) in [6, 6.07) is 0. The molecular weight excluding hydrogens is 256 g/mol. The van der Waals surface area contributed by atoms with Crippen molar-refractivity contribution in [3.8, 4) is 0 Å². The van der Waals surface area contributed by atoms with Gasteiger partial charge in [-0.15, -0.1) is 0 Å². The van der Waals surface area contributed by atoms with E-state index < -0.39 is 15.7 Å². The van der Waals surface area contributed by atoms with Gasteiger partial charge in [-0.05, 0) is 33.6 Å². The van der Waals surface area contributed by atoms with Gasteiger partial charge in [-0.1, -0.05) is 12.8 Å². The number of unbranched alkanes of at least 4 members (excludes halogenated alkanes) is 3. The summed E-state index contributed by atoms with van der Waals surface area (Å²) >= 11 is 0. The number of hydrogen-bond donors (Lipinski definition) is 0. The molecule has 0 amide bonds. The fraction of sp³-hybridized carbons (Fsp3) is 0.917. The van der Waals surface area contributed by atoms with Crippen LogP contribution in [0.3, 0.4) is 0 Å². The Morgan fingerprint density at radius 2 is 1.61 bits per heavy atom. The number of esters is 1. The molecule has 18 heavy (non-hydrogen) atoms. The zero-order valence-corrected chi connectivity index (χ0v) is 12.5. The Kier molecular flexibility index (Phi) is 7.47. The summed E-state index contributed by atoms with van der Waals surface area (Å²) < 4.78 is 31.1. The maximum absolute atomic E-state index is 11.4. The van der Waals surface area contributed by atoms with Crippen LogP contribution >= 0.6 is 0 Å². The Bertz CT molecular complexity index is 340. The highest BCUT2D eigenvalue weighted by Gasteiger charge is 2.15. The lowest BCUT2D eigenvalue weighted by Gasteiger charge is -2.19. The van der Waals surface area contributed by atoms with E-state index in [1.165, 1.54) is 0 Å². The first-order valence-electron chi connectivity index (χ1n) is 6.16. The van der Waals surface area contributed by atoms with Gasteiger partial charge in [0.25, 0.3) is 10.1 Å². The molecule has 108 valence electrons. The molecule has 0 bridgehead atoms. The van der Waals surface area contributed by atoms with Crippen LogP contribution in [0, 0.1) is 0 Å². The van der Waals surface area contributed by atoms with Gasteiger partial charge in [-0.2, -0.15) is 8.42 Å². The lowest BCUT2D eigenvalue weighted by atomic mass is 10.1. The minimum Gasteiger partial charge on any atom is -0.460 e. The van der Waals surface area contributed by atoms with Crippen LogP contribution in [0.2, 0.25) is 0 Å². The van der Waals surface area contributed by atoms with Crippen molar-refractivity contribution in [2.45, 2.75) is 58.5 Å². The highest BCUT2D eigenvalue weighted by Crippen LogP contribution is 2.11. The van der Waals surface area contributed by atoms with Crippen molar-refractivity contribution in [3.63, 3.8) is 0 Å². The molecule has 0 unspecified atom stereocenters. The Morgan fingerprint density at radius 3 is 2.11 bits per heavy atom. The van der Waals surface area contributed by atoms with Crippen molar-refractivity contribution < 1.29 is 22.1 Å². The van der Waals surface area contributed by atoms with E-state index in [0.717, 1.165) is 25.5 Å². The van der Waals surface area contributed by atoms with E-state index in [1.807, 2.05) is 20.8 Å². The van der Waals surface area contributed by atoms with Crippen LogP contribution in [0.25, 0.3) is 0 Å². The molecule has 0 aliphatic rings. The van der Waals surface area contributed by atoms with Gasteiger partial charge in [0, 0.05) is 6.42 Å². The van der Waals surface area contributed by atoms with Crippen molar-refractivity contribution in [2.75, 3.05) is 12.9 Å². The largest absolute Gasteiger partial charge is 0.460 e. The normalized spacial score (nSPS) is 12.4. The summed E-state index contributed by atoms with van der Waals surface area (Å²) in [6.45, 7) is 5.74. The van der Waals surface area contributed by atoms with Crippen LogP contribution in [-0.2, 0) is 23.8 Å². The van der Waals surface area contributed by atoms with Crippen molar-refractivity contribution in [3.05, 3.63) is 0 Å². The lowest BCUT2D eigenvalue weighted by molar-refractivity contribution is -0.154. The van der Waals surface area contributed by atoms with Crippen molar-refractivity contribution in [1.82, 2.24) is 0 Å². The smallest absolute Gasteiger partial charge is 0.306 e. The molecule has 6 heteroatoms. The number of carbonyl (C=O) groups excluding carboxylic acids is 1. The molecule has 0 N–H and O–H groups in total. The molecule has 0 aliphatic heterocycles. The van der Waals surface area contributed by atoms with Gasteiger partial charge in [0.15, 0.2) is 0 Å². The van der Waals surface area contributed by atoms with Crippen LogP contribution < -0.4 is 0 Å². The van der Waals surface area contributed by atoms with Crippen molar-refractivity contribution >= 4 is 16.1 Å². The van der Waals surface area contributed by atoms with E-state index in [9.17, 15) is 13.2 Å². The number of ether oxygens (including phenoxy) is 1. The molecule has 0 rings (SSSR count). The average Bonchev–Trinajstić information content (AvgIpc) is 2.11. The quantitative estimate of drug-likeness (QED) is 0.387. The first-order chi connectivity index (χ1) is 8.10. The van der Waals surface area contributed by atoms with Crippen LogP contribution in [0.5, 0.6) is 0 Å². The number of hydrogen-bond acceptors (Lipinski definition) is 5. The fourth-order valence-electron chi connectivity index (χ4n) is 1.33. The van der Waals surface area contributed by atoms with Crippen LogP contribution in [0.15, 0.2) is 0 Å². The summed E-state index contributed by atoms with van der Waals surface area (Å²) in [5.41, 5.74) is -0.430. The summed E-state index contributed by atoms with van der Waals surface area (Å²) in [7, 11) is -3.32. The second-order valence-corrected chi connectivity index (χ2v) is 6.92. The molecular formula is C12H24O5S. The zero-order chi connectivity index (χ0) is 14.2. The van der Waals surface area contributed by atoms with Gasteiger partial charge < -0.3 is 4.74 Å². The zero-order valence-electron chi connectivity index (χ0n) is 11.7. The van der Waals surface area contributed by atoms with Gasteiger partial charge in [-0.3, -0.25) is 8.98 Å². The Hall–Kier alpha value is -0.620. The third-order valence-electron chi connectivity index (χ3n) is 1.99. The van der Waals surface area contributed by atoms with E-state index in [2.05, 4.69) is 4.18 Å². The molecule has 0 saturated heterocycles. The predicted molar refractivity (Wildman–Crippen MR) is 69.7 cm³/mol. The Morgan fingerprint density at radius 1 is 1.06 bits per heavy atom. The molecule has 0 saturated carbocycles. The van der Waals surface area contributed by atoms with Crippen LogP contribution in [-0.4, -0.2) is 32.9 Å². The summed E-state index contributed by atoms with van der Waals surface area (Å²) in [5.74, 6) is -0.185. The third-order valence-corrected chi connectivity index (χ3v) is 2.59. The maximum Gasteiger partial charge on any atom is 0.306 e. The molecule has 0 aromatic heterocycles. The first-order valence-corrected chi connectivity index (χ1v) is 7.98. The molecule has 0 heterocycles. The molecule has 0 atom stereocenters. The minimum atomic E-state index is -3.32. The SMILES string of the molecule is CC(C)(C)OC(=O)CCCCCCOS(C)(=O)=O. The number of carbonyl (C=O) groups is 1. The number of rotatable bonds is 8. The topological polar surface area (TPSA) is 69.7 Å². The fourth-order valence-corrected chi connectivity index (χ4v) is 1.75. The molecule has 0 aromatic rings. The Balaban J connectivity index is 3.44. The van der Waals surface area contributed by atoms with E-state index in [0.29, 0.717) is 12.8 Å². The molecule has 5 nitrogen and oxygen atoms in total. The van der Waals surface area contributed by atoms with E-state index >= 15 is 0 Å². The van der Waals surface area contributed by atoms with Crippen molar-refractivity contribution in [2.24, 2.45) is 0 Å². The standard InChI is InChI=1S/C12H24O5S/c1-12(2,3)17-11(13)9-7-5-6-8-10-16-18(4,14)15/h5-10H2,1-4H3. The molecule has 0 radical (unpaired) electrons. The van der Waals surface area contributed by atoms with Gasteiger partial charge >= 0.3 is 5.97 Å². The van der Waals surface area contributed by atoms with Crippen LogP contribution in [0.1, 0.15) is 52.9 Å². The second-order valence-electron chi connectivity index (χ2n) is 5.28. The second kappa shape index (κ2) is 7.74. The summed E-state index contributed by atoms with van der Waals surface area (Å²) in [6.07, 6.45) is 4.60. The van der Waals surface area contributed by atoms with Gasteiger partial charge in [-0.25, -0.2) is 0 Å². The molecule has 0 aromatic carbocycles. The van der Waals surface area contributed by atoms with E-state index in [-0.39, 0.29) is 12.6 Å². The van der Waals surface area contributed by atoms with E-state index in [4.69, 9.17) is 4.74 Å². The summed E-state index contributed by atoms with van der Waals surface area (Å²) in [5, 5.41) is 0. The minimum absolute atomic E-state index is 0.185. The maximum atomic E-state index is 11.4. The third kappa shape index (κ3) is 13.4. The first kappa shape index (κ1) is 17.4. The average molecular weight is 280 g/mol. The van der Waals surface area contributed by atoms with Gasteiger partial charge in [0.2, 0.25) is 0 Å². The lowest BCUT2D eigenvalue weighted by Crippen LogP contribution is -2.23. The Labute approximate surface area is 110 Å². The summed E-state index contributed by atoms with van der Waals surface area (Å²) in [4.78, 5) is 11.4. The monoisotopic (exact) mass is 280 g/mol. The highest BCUT2D eigenvalue weighted by atomic mass is 32.2. The predicted octanol–water partition coefficient (Wildman–Crippen LogP) is 2.25. The van der Waals surface area contributed by atoms with Crippen LogP contribution in [0.4, 0.5) is 0 Å². The highest BCUT2D eigenvalue weighted by molar-refractivity contribution is 7.85. The molecule has 0 fully saturated rings. The molecule has 0 spiro atoms. The van der Waals surface area contributed by atoms with Crippen molar-refractivity contribution in [1.29, 1.82) is 0 Å². The van der Waals surface area contributed by atoms with E-state index in [1.54, 1.807) is 0 Å². The van der Waals surface area contributed by atoms with Gasteiger partial charge in [0.05, 0.1) is 12.9 Å². The van der Waals surface area contributed by atoms with Gasteiger partial charge in [0.1, 0.15) is 5.60 Å².